The van der Waals surface area contributed by atoms with Gasteiger partial charge in [-0.3, -0.25) is 15.4 Å². The van der Waals surface area contributed by atoms with Crippen LogP contribution in [0.1, 0.15) is 18.5 Å². The van der Waals surface area contributed by atoms with Crippen LogP contribution in [0.2, 0.25) is 0 Å². The van der Waals surface area contributed by atoms with E-state index in [1.165, 1.54) is 18.2 Å². The van der Waals surface area contributed by atoms with Gasteiger partial charge in [-0.15, -0.1) is 0 Å². The predicted molar refractivity (Wildman–Crippen MR) is 75.4 cm³/mol. The molecular formula is C13H14N4O5. The fourth-order valence-electron chi connectivity index (χ4n) is 2.09. The van der Waals surface area contributed by atoms with E-state index in [0.717, 1.165) is 0 Å². The standard InChI is InChI=1S/C13H14N4O5/c1-2-22-12(18)9-10(15-13(19)16-11(9)14)7-4-3-5-8(6-7)17(20)21/h3-6,10H,2,14H2,1H3,(H2,15,16,19)/t10-/m0/s1. The second-order valence-electron chi connectivity index (χ2n) is 4.43. The lowest BCUT2D eigenvalue weighted by molar-refractivity contribution is -0.384. The first-order valence-electron chi connectivity index (χ1n) is 6.42. The molecule has 9 heteroatoms. The third-order valence-corrected chi connectivity index (χ3v) is 3.01. The number of nitrogens with one attached hydrogen (secondary N) is 2. The van der Waals surface area contributed by atoms with Gasteiger partial charge in [-0.1, -0.05) is 12.1 Å². The summed E-state index contributed by atoms with van der Waals surface area (Å²) < 4.78 is 4.91. The molecular weight excluding hydrogens is 292 g/mol. The minimum Gasteiger partial charge on any atom is -0.462 e. The van der Waals surface area contributed by atoms with Crippen LogP contribution in [0.4, 0.5) is 10.5 Å². The molecule has 0 unspecified atom stereocenters. The normalized spacial score (nSPS) is 17.5. The maximum Gasteiger partial charge on any atom is 0.340 e. The van der Waals surface area contributed by atoms with E-state index in [2.05, 4.69) is 10.6 Å². The Kier molecular flexibility index (Phi) is 4.25. The fraction of sp³-hybridized carbons (Fsp3) is 0.231. The van der Waals surface area contributed by atoms with E-state index in [9.17, 15) is 19.7 Å². The summed E-state index contributed by atoms with van der Waals surface area (Å²) in [5.41, 5.74) is 5.90. The molecule has 0 spiro atoms. The number of non-ortho nitro benzene ring substituents is 1. The summed E-state index contributed by atoms with van der Waals surface area (Å²) in [6.45, 7) is 1.76. The Hall–Kier alpha value is -3.10. The van der Waals surface area contributed by atoms with E-state index in [1.54, 1.807) is 13.0 Å². The Morgan fingerprint density at radius 3 is 2.86 bits per heavy atom. The van der Waals surface area contributed by atoms with Crippen molar-refractivity contribution < 1.29 is 19.2 Å². The van der Waals surface area contributed by atoms with E-state index in [1.807, 2.05) is 0 Å². The first-order chi connectivity index (χ1) is 10.4. The van der Waals surface area contributed by atoms with Crippen molar-refractivity contribution in [2.75, 3.05) is 6.61 Å². The van der Waals surface area contributed by atoms with Crippen LogP contribution in [-0.4, -0.2) is 23.5 Å². The number of carbonyl (C=O) groups excluding carboxylic acids is 2. The minimum atomic E-state index is -0.923. The number of carbonyl (C=O) groups is 2. The molecule has 22 heavy (non-hydrogen) atoms. The van der Waals surface area contributed by atoms with Gasteiger partial charge in [-0.25, -0.2) is 9.59 Å². The number of nitro benzene ring substituents is 1. The molecule has 2 amide bonds. The van der Waals surface area contributed by atoms with E-state index in [0.29, 0.717) is 5.56 Å². The number of nitrogens with two attached hydrogens (primary N) is 1. The Morgan fingerprint density at radius 1 is 1.50 bits per heavy atom. The van der Waals surface area contributed by atoms with Crippen LogP contribution >= 0.6 is 0 Å². The van der Waals surface area contributed by atoms with Crippen molar-refractivity contribution in [3.05, 3.63) is 51.3 Å². The molecule has 0 aromatic heterocycles. The number of hydrogen-bond acceptors (Lipinski definition) is 6. The number of ether oxygens (including phenoxy) is 1. The van der Waals surface area contributed by atoms with Crippen molar-refractivity contribution in [2.45, 2.75) is 13.0 Å². The average Bonchev–Trinajstić information content (AvgIpc) is 2.46. The van der Waals surface area contributed by atoms with Crippen LogP contribution in [0, 0.1) is 10.1 Å². The van der Waals surface area contributed by atoms with Crippen LogP contribution in [0.15, 0.2) is 35.7 Å². The molecule has 2 rings (SSSR count). The van der Waals surface area contributed by atoms with Gasteiger partial charge >= 0.3 is 12.0 Å². The smallest absolute Gasteiger partial charge is 0.340 e. The Balaban J connectivity index is 2.47. The maximum absolute atomic E-state index is 12.0. The van der Waals surface area contributed by atoms with Crippen molar-refractivity contribution in [1.29, 1.82) is 0 Å². The zero-order valence-electron chi connectivity index (χ0n) is 11.7. The molecule has 0 saturated heterocycles. The second-order valence-corrected chi connectivity index (χ2v) is 4.43. The highest BCUT2D eigenvalue weighted by atomic mass is 16.6. The summed E-state index contributed by atoms with van der Waals surface area (Å²) in [5, 5.41) is 15.6. The van der Waals surface area contributed by atoms with Gasteiger partial charge < -0.3 is 15.8 Å². The van der Waals surface area contributed by atoms with Gasteiger partial charge in [0.25, 0.3) is 5.69 Å². The Morgan fingerprint density at radius 2 is 2.23 bits per heavy atom. The fourth-order valence-corrected chi connectivity index (χ4v) is 2.09. The van der Waals surface area contributed by atoms with Crippen LogP contribution in [0.5, 0.6) is 0 Å². The average molecular weight is 306 g/mol. The topological polar surface area (TPSA) is 137 Å². The molecule has 4 N–H and O–H groups in total. The van der Waals surface area contributed by atoms with Crippen LogP contribution in [0.25, 0.3) is 0 Å². The molecule has 116 valence electrons. The highest BCUT2D eigenvalue weighted by Crippen LogP contribution is 2.28. The third kappa shape index (κ3) is 2.97. The highest BCUT2D eigenvalue weighted by Gasteiger charge is 2.33. The molecule has 1 atom stereocenters. The summed E-state index contributed by atoms with van der Waals surface area (Å²) in [6.07, 6.45) is 0. The lowest BCUT2D eigenvalue weighted by Crippen LogP contribution is -2.48. The van der Waals surface area contributed by atoms with Crippen molar-refractivity contribution in [3.8, 4) is 0 Å². The van der Waals surface area contributed by atoms with Gasteiger partial charge in [0.1, 0.15) is 11.4 Å². The van der Waals surface area contributed by atoms with Crippen molar-refractivity contribution >= 4 is 17.7 Å². The number of esters is 1. The summed E-state index contributed by atoms with van der Waals surface area (Å²) in [4.78, 5) is 33.9. The molecule has 1 aliphatic rings. The SMILES string of the molecule is CCOC(=O)C1=C(N)NC(=O)N[C@H]1c1cccc([N+](=O)[O-])c1. The van der Waals surface area contributed by atoms with Gasteiger partial charge in [-0.2, -0.15) is 0 Å². The number of hydrogen-bond donors (Lipinski definition) is 3. The molecule has 1 aromatic rings. The van der Waals surface area contributed by atoms with E-state index in [-0.39, 0.29) is 23.7 Å². The zero-order chi connectivity index (χ0) is 16.3. The lowest BCUT2D eigenvalue weighted by Gasteiger charge is -2.27. The van der Waals surface area contributed by atoms with Gasteiger partial charge in [-0.05, 0) is 12.5 Å². The lowest BCUT2D eigenvalue weighted by atomic mass is 9.97. The number of benzene rings is 1. The first-order valence-corrected chi connectivity index (χ1v) is 6.42. The van der Waals surface area contributed by atoms with Crippen molar-refractivity contribution in [1.82, 2.24) is 10.6 Å². The molecule has 1 aliphatic heterocycles. The van der Waals surface area contributed by atoms with Gasteiger partial charge in [0.05, 0.1) is 17.6 Å². The van der Waals surface area contributed by atoms with Crippen LogP contribution in [-0.2, 0) is 9.53 Å². The highest BCUT2D eigenvalue weighted by molar-refractivity contribution is 5.94. The van der Waals surface area contributed by atoms with Gasteiger partial charge in [0, 0.05) is 12.1 Å². The summed E-state index contributed by atoms with van der Waals surface area (Å²) in [6, 6.07) is 4.05. The summed E-state index contributed by atoms with van der Waals surface area (Å²) in [5.74, 6) is -0.845. The molecule has 1 aromatic carbocycles. The Labute approximate surface area is 125 Å². The van der Waals surface area contributed by atoms with Crippen molar-refractivity contribution in [2.24, 2.45) is 5.73 Å². The number of nitro groups is 1. The monoisotopic (exact) mass is 306 g/mol. The Bertz CT molecular complexity index is 670. The largest absolute Gasteiger partial charge is 0.462 e. The van der Waals surface area contributed by atoms with Gasteiger partial charge in [0.2, 0.25) is 0 Å². The quantitative estimate of drug-likeness (QED) is 0.425. The predicted octanol–water partition coefficient (Wildman–Crippen LogP) is 0.682. The van der Waals surface area contributed by atoms with Gasteiger partial charge in [0.15, 0.2) is 0 Å². The molecule has 1 heterocycles. The molecule has 0 bridgehead atoms. The molecule has 0 saturated carbocycles. The number of urea groups is 1. The van der Waals surface area contributed by atoms with Crippen LogP contribution < -0.4 is 16.4 Å². The minimum absolute atomic E-state index is 0.00180. The van der Waals surface area contributed by atoms with E-state index >= 15 is 0 Å². The number of rotatable bonds is 4. The van der Waals surface area contributed by atoms with Crippen LogP contribution in [0.3, 0.4) is 0 Å². The summed E-state index contributed by atoms with van der Waals surface area (Å²) in [7, 11) is 0. The second kappa shape index (κ2) is 6.12. The molecule has 9 nitrogen and oxygen atoms in total. The number of amides is 2. The molecule has 0 radical (unpaired) electrons. The van der Waals surface area contributed by atoms with E-state index < -0.39 is 23.0 Å². The molecule has 0 fully saturated rings. The zero-order valence-corrected chi connectivity index (χ0v) is 11.7. The first kappa shape index (κ1) is 15.3. The maximum atomic E-state index is 12.0. The van der Waals surface area contributed by atoms with Crippen molar-refractivity contribution in [3.63, 3.8) is 0 Å². The third-order valence-electron chi connectivity index (χ3n) is 3.01. The van der Waals surface area contributed by atoms with E-state index in [4.69, 9.17) is 10.5 Å². The summed E-state index contributed by atoms with van der Waals surface area (Å²) >= 11 is 0. The number of nitrogens with zero attached hydrogens (tertiary/aromatic N) is 1. The molecule has 0 aliphatic carbocycles.